The number of benzene rings is 1. The maximum Gasteiger partial charge on any atom is 0.275 e. The van der Waals surface area contributed by atoms with E-state index >= 15 is 0 Å². The highest BCUT2D eigenvalue weighted by Crippen LogP contribution is 2.40. The van der Waals surface area contributed by atoms with Crippen molar-refractivity contribution >= 4 is 11.4 Å². The Morgan fingerprint density at radius 2 is 2.33 bits per heavy atom. The number of hydrogen-bond donors (Lipinski definition) is 2. The third-order valence-corrected chi connectivity index (χ3v) is 4.19. The van der Waals surface area contributed by atoms with Gasteiger partial charge in [0.1, 0.15) is 5.75 Å². The normalized spacial score (nSPS) is 30.4. The van der Waals surface area contributed by atoms with Crippen LogP contribution in [0, 0.1) is 16.0 Å². The second-order valence-electron chi connectivity index (χ2n) is 5.44. The number of fused-ring (bicyclic) bond motifs is 1. The van der Waals surface area contributed by atoms with Crippen molar-refractivity contribution in [2.75, 3.05) is 18.5 Å². The van der Waals surface area contributed by atoms with Crippen molar-refractivity contribution in [1.29, 1.82) is 0 Å². The zero-order chi connectivity index (χ0) is 15.0. The molecule has 4 atom stereocenters. The lowest BCUT2D eigenvalue weighted by Gasteiger charge is -2.46. The van der Waals surface area contributed by atoms with Gasteiger partial charge in [0.2, 0.25) is 0 Å². The Kier molecular flexibility index (Phi) is 3.69. The Balaban J connectivity index is 1.79. The van der Waals surface area contributed by atoms with Crippen LogP contribution < -0.4 is 15.8 Å². The fourth-order valence-corrected chi connectivity index (χ4v) is 3.14. The van der Waals surface area contributed by atoms with Crippen LogP contribution in [0.2, 0.25) is 0 Å². The summed E-state index contributed by atoms with van der Waals surface area (Å²) in [6.45, 7) is 3.03. The smallest absolute Gasteiger partial charge is 0.275 e. The van der Waals surface area contributed by atoms with E-state index in [9.17, 15) is 10.1 Å². The van der Waals surface area contributed by atoms with E-state index in [2.05, 4.69) is 5.32 Å². The van der Waals surface area contributed by atoms with Gasteiger partial charge < -0.3 is 20.5 Å². The second-order valence-corrected chi connectivity index (χ2v) is 5.44. The van der Waals surface area contributed by atoms with E-state index in [1.54, 1.807) is 6.07 Å². The zero-order valence-electron chi connectivity index (χ0n) is 11.8. The lowest BCUT2D eigenvalue weighted by atomic mass is 9.72. The summed E-state index contributed by atoms with van der Waals surface area (Å²) < 4.78 is 11.0. The minimum atomic E-state index is -0.427. The quantitative estimate of drug-likeness (QED) is 0.630. The van der Waals surface area contributed by atoms with Gasteiger partial charge in [0.15, 0.2) is 0 Å². The number of nitrogens with two attached hydrogens (primary N) is 1. The molecule has 1 saturated heterocycles. The van der Waals surface area contributed by atoms with Crippen LogP contribution in [-0.4, -0.2) is 36.3 Å². The molecule has 7 nitrogen and oxygen atoms in total. The highest BCUT2D eigenvalue weighted by molar-refractivity contribution is 5.57. The molecule has 0 amide bonds. The third-order valence-electron chi connectivity index (χ3n) is 4.19. The van der Waals surface area contributed by atoms with E-state index in [1.165, 1.54) is 12.1 Å². The zero-order valence-corrected chi connectivity index (χ0v) is 11.8. The minimum absolute atomic E-state index is 0.000218. The fourth-order valence-electron chi connectivity index (χ4n) is 3.14. The van der Waals surface area contributed by atoms with E-state index in [1.807, 2.05) is 6.92 Å². The van der Waals surface area contributed by atoms with Crippen LogP contribution in [0.15, 0.2) is 18.2 Å². The summed E-state index contributed by atoms with van der Waals surface area (Å²) in [4.78, 5) is 10.6. The molecule has 2 fully saturated rings. The predicted octanol–water partition coefficient (Wildman–Crippen LogP) is 1.52. The fraction of sp³-hybridized carbons (Fsp3) is 0.571. The molecule has 0 radical (unpaired) electrons. The molecule has 114 valence electrons. The Morgan fingerprint density at radius 1 is 1.52 bits per heavy atom. The number of ether oxygens (including phenoxy) is 2. The van der Waals surface area contributed by atoms with Gasteiger partial charge in [-0.15, -0.1) is 0 Å². The summed E-state index contributed by atoms with van der Waals surface area (Å²) in [7, 11) is 0. The summed E-state index contributed by atoms with van der Waals surface area (Å²) >= 11 is 0. The molecular weight excluding hydrogens is 274 g/mol. The Labute approximate surface area is 122 Å². The van der Waals surface area contributed by atoms with Crippen molar-refractivity contribution in [3.63, 3.8) is 0 Å². The number of nitro groups is 1. The molecule has 0 aromatic heterocycles. The van der Waals surface area contributed by atoms with Gasteiger partial charge in [-0.05, 0) is 13.3 Å². The van der Waals surface area contributed by atoms with Gasteiger partial charge in [0, 0.05) is 36.4 Å². The number of anilines is 1. The van der Waals surface area contributed by atoms with Crippen LogP contribution in [0.5, 0.6) is 5.75 Å². The number of nitrogens with zero attached hydrogens (tertiary/aromatic N) is 1. The number of rotatable bonds is 5. The van der Waals surface area contributed by atoms with Crippen LogP contribution in [0.1, 0.15) is 13.3 Å². The molecule has 7 heteroatoms. The largest absolute Gasteiger partial charge is 0.494 e. The molecule has 1 aliphatic carbocycles. The number of nitro benzene ring substituents is 1. The molecule has 2 aliphatic rings. The first-order valence-electron chi connectivity index (χ1n) is 7.16. The van der Waals surface area contributed by atoms with Crippen LogP contribution in [0.25, 0.3) is 0 Å². The first-order chi connectivity index (χ1) is 10.1. The van der Waals surface area contributed by atoms with Crippen LogP contribution in [0.4, 0.5) is 11.4 Å². The minimum Gasteiger partial charge on any atom is -0.494 e. The van der Waals surface area contributed by atoms with E-state index in [4.69, 9.17) is 15.2 Å². The van der Waals surface area contributed by atoms with Crippen molar-refractivity contribution in [3.05, 3.63) is 28.3 Å². The number of non-ortho nitro benzene ring substituents is 1. The van der Waals surface area contributed by atoms with Crippen molar-refractivity contribution < 1.29 is 14.4 Å². The maximum absolute atomic E-state index is 11.0. The van der Waals surface area contributed by atoms with Gasteiger partial charge in [-0.3, -0.25) is 10.1 Å². The summed E-state index contributed by atoms with van der Waals surface area (Å²) in [5.74, 6) is 0.874. The molecule has 1 aliphatic heterocycles. The Bertz CT molecular complexity index is 551. The molecule has 1 heterocycles. The molecule has 1 saturated carbocycles. The molecular formula is C14H19N3O4. The summed E-state index contributed by atoms with van der Waals surface area (Å²) in [6.07, 6.45) is 1.10. The first kappa shape index (κ1) is 14.1. The molecule has 3 rings (SSSR count). The molecule has 1 aromatic rings. The topological polar surface area (TPSA) is 99.7 Å². The van der Waals surface area contributed by atoms with Gasteiger partial charge in [0.05, 0.1) is 29.7 Å². The third kappa shape index (κ3) is 2.54. The molecule has 0 bridgehead atoms. The average molecular weight is 293 g/mol. The Hall–Kier alpha value is -1.86. The molecule has 4 unspecified atom stereocenters. The Morgan fingerprint density at radius 3 is 3.05 bits per heavy atom. The van der Waals surface area contributed by atoms with Gasteiger partial charge in [-0.1, -0.05) is 0 Å². The van der Waals surface area contributed by atoms with Crippen LogP contribution >= 0.6 is 0 Å². The van der Waals surface area contributed by atoms with E-state index in [-0.39, 0.29) is 23.9 Å². The summed E-state index contributed by atoms with van der Waals surface area (Å²) in [6, 6.07) is 4.69. The van der Waals surface area contributed by atoms with Crippen LogP contribution in [-0.2, 0) is 4.74 Å². The monoisotopic (exact) mass is 293 g/mol. The van der Waals surface area contributed by atoms with E-state index in [0.29, 0.717) is 24.0 Å². The maximum atomic E-state index is 11.0. The summed E-state index contributed by atoms with van der Waals surface area (Å²) in [5.41, 5.74) is 6.78. The number of hydrogen-bond acceptors (Lipinski definition) is 6. The highest BCUT2D eigenvalue weighted by atomic mass is 16.6. The first-order valence-corrected chi connectivity index (χ1v) is 7.16. The van der Waals surface area contributed by atoms with Gasteiger partial charge in [-0.2, -0.15) is 0 Å². The SMILES string of the molecule is CCOc1cc(NC2C(N)C3CCOC32)cc([N+](=O)[O-])c1. The molecule has 3 N–H and O–H groups in total. The molecule has 21 heavy (non-hydrogen) atoms. The predicted molar refractivity (Wildman–Crippen MR) is 77.5 cm³/mol. The molecule has 1 aromatic carbocycles. The average Bonchev–Trinajstić information content (AvgIpc) is 2.89. The lowest BCUT2D eigenvalue weighted by Crippen LogP contribution is -2.65. The highest BCUT2D eigenvalue weighted by Gasteiger charge is 2.52. The van der Waals surface area contributed by atoms with Crippen molar-refractivity contribution in [2.45, 2.75) is 31.5 Å². The standard InChI is InChI=1S/C14H19N3O4/c1-2-20-10-6-8(5-9(7-10)17(18)19)16-13-12(15)11-3-4-21-14(11)13/h5-7,11-14,16H,2-4,15H2,1H3. The van der Waals surface area contributed by atoms with Gasteiger partial charge in [0.25, 0.3) is 5.69 Å². The molecule has 0 spiro atoms. The lowest BCUT2D eigenvalue weighted by molar-refractivity contribution is -0.384. The van der Waals surface area contributed by atoms with Crippen molar-refractivity contribution in [3.8, 4) is 5.75 Å². The van der Waals surface area contributed by atoms with E-state index < -0.39 is 4.92 Å². The second kappa shape index (κ2) is 5.50. The van der Waals surface area contributed by atoms with Crippen molar-refractivity contribution in [2.24, 2.45) is 11.7 Å². The summed E-state index contributed by atoms with van der Waals surface area (Å²) in [5, 5.41) is 14.3. The van der Waals surface area contributed by atoms with Gasteiger partial charge >= 0.3 is 0 Å². The van der Waals surface area contributed by atoms with Crippen molar-refractivity contribution in [1.82, 2.24) is 0 Å². The van der Waals surface area contributed by atoms with Crippen LogP contribution in [0.3, 0.4) is 0 Å². The van der Waals surface area contributed by atoms with E-state index in [0.717, 1.165) is 13.0 Å². The number of nitrogens with one attached hydrogen (secondary N) is 1. The van der Waals surface area contributed by atoms with Gasteiger partial charge in [-0.25, -0.2) is 0 Å².